The Morgan fingerprint density at radius 3 is 2.65 bits per heavy atom. The first-order valence-corrected chi connectivity index (χ1v) is 10.2. The van der Waals surface area contributed by atoms with Gasteiger partial charge in [-0.25, -0.2) is 4.79 Å². The minimum Gasteiger partial charge on any atom is -0.491 e. The molecule has 0 radical (unpaired) electrons. The Morgan fingerprint density at radius 1 is 1.13 bits per heavy atom. The second-order valence-electron chi connectivity index (χ2n) is 8.06. The number of hydrogen-bond donors (Lipinski definition) is 2. The number of β-amino-alcohol motifs (C(OH)–C–C–N with tert-alkyl or cyclic N) is 1. The number of aliphatic hydroxyl groups is 1. The number of fused-ring (bicyclic) bond motifs is 1. The number of aryl methyl sites for hydroxylation is 2. The first-order valence-electron chi connectivity index (χ1n) is 10.2. The number of benzene rings is 2. The highest BCUT2D eigenvalue weighted by molar-refractivity contribution is 6.07. The molecule has 0 aliphatic carbocycles. The third-order valence-electron chi connectivity index (χ3n) is 5.56. The molecule has 2 aromatic rings. The number of carbonyl (C=O) groups excluding carboxylic acids is 2. The number of hydrogen-bond acceptors (Lipinski definition) is 6. The van der Waals surface area contributed by atoms with E-state index in [4.69, 9.17) is 14.2 Å². The van der Waals surface area contributed by atoms with Crippen molar-refractivity contribution in [3.8, 4) is 17.2 Å². The number of imide groups is 1. The third-order valence-corrected chi connectivity index (χ3v) is 5.56. The van der Waals surface area contributed by atoms with Crippen LogP contribution in [0.15, 0.2) is 36.4 Å². The Morgan fingerprint density at radius 2 is 1.87 bits per heavy atom. The van der Waals surface area contributed by atoms with E-state index in [-0.39, 0.29) is 13.2 Å². The predicted molar refractivity (Wildman–Crippen MR) is 112 cm³/mol. The monoisotopic (exact) mass is 426 g/mol. The van der Waals surface area contributed by atoms with Gasteiger partial charge in [-0.3, -0.25) is 9.69 Å². The van der Waals surface area contributed by atoms with E-state index < -0.39 is 23.6 Å². The van der Waals surface area contributed by atoms with Gasteiger partial charge in [-0.1, -0.05) is 18.2 Å². The van der Waals surface area contributed by atoms with Crippen molar-refractivity contribution in [2.45, 2.75) is 32.4 Å². The molecule has 2 aliphatic heterocycles. The lowest BCUT2D eigenvalue weighted by Crippen LogP contribution is -2.42. The Labute approximate surface area is 180 Å². The van der Waals surface area contributed by atoms with Crippen LogP contribution in [0, 0.1) is 13.8 Å². The maximum absolute atomic E-state index is 13.1. The van der Waals surface area contributed by atoms with Gasteiger partial charge in [0.2, 0.25) is 0 Å². The number of ether oxygens (including phenoxy) is 3. The van der Waals surface area contributed by atoms with Gasteiger partial charge in [-0.2, -0.15) is 0 Å². The van der Waals surface area contributed by atoms with E-state index in [1.807, 2.05) is 32.0 Å². The summed E-state index contributed by atoms with van der Waals surface area (Å²) < 4.78 is 16.8. The Balaban J connectivity index is 1.44. The van der Waals surface area contributed by atoms with Crippen molar-refractivity contribution in [3.05, 3.63) is 53.1 Å². The number of nitrogens with one attached hydrogen (secondary N) is 1. The normalized spacial score (nSPS) is 21.1. The molecule has 0 bridgehead atoms. The molecular formula is C23H26N2O6. The lowest BCUT2D eigenvalue weighted by molar-refractivity contribution is -0.132. The SMILES string of the molecule is Cc1ccc(C)c(OC[C@H](O)CN2C(=O)N[C@](C)(c3ccc4c(c3)OCCO4)C2=O)c1. The van der Waals surface area contributed by atoms with E-state index >= 15 is 0 Å². The summed E-state index contributed by atoms with van der Waals surface area (Å²) in [6.07, 6.45) is -1.03. The molecule has 1 saturated heterocycles. The predicted octanol–water partition coefficient (Wildman–Crippen LogP) is 2.28. The van der Waals surface area contributed by atoms with Gasteiger partial charge in [0.15, 0.2) is 11.5 Å². The molecule has 0 unspecified atom stereocenters. The summed E-state index contributed by atoms with van der Waals surface area (Å²) in [5.41, 5.74) is 1.30. The maximum Gasteiger partial charge on any atom is 0.325 e. The van der Waals surface area contributed by atoms with Crippen molar-refractivity contribution in [1.82, 2.24) is 10.2 Å². The summed E-state index contributed by atoms with van der Waals surface area (Å²) in [6.45, 7) is 6.18. The van der Waals surface area contributed by atoms with Crippen LogP contribution in [0.5, 0.6) is 17.2 Å². The van der Waals surface area contributed by atoms with Crippen LogP contribution < -0.4 is 19.5 Å². The fraction of sp³-hybridized carbons (Fsp3) is 0.391. The molecule has 0 aromatic heterocycles. The topological polar surface area (TPSA) is 97.3 Å². The lowest BCUT2D eigenvalue weighted by Gasteiger charge is -2.25. The first kappa shape index (κ1) is 21.0. The zero-order chi connectivity index (χ0) is 22.2. The molecule has 0 spiro atoms. The van der Waals surface area contributed by atoms with Crippen molar-refractivity contribution >= 4 is 11.9 Å². The molecule has 3 amide bonds. The Kier molecular flexibility index (Phi) is 5.49. The molecule has 164 valence electrons. The quantitative estimate of drug-likeness (QED) is 0.688. The average molecular weight is 426 g/mol. The molecule has 2 heterocycles. The van der Waals surface area contributed by atoms with Gasteiger partial charge >= 0.3 is 6.03 Å². The van der Waals surface area contributed by atoms with Gasteiger partial charge in [0.1, 0.15) is 37.2 Å². The highest BCUT2D eigenvalue weighted by Crippen LogP contribution is 2.36. The van der Waals surface area contributed by atoms with E-state index in [1.54, 1.807) is 25.1 Å². The van der Waals surface area contributed by atoms with E-state index in [1.165, 1.54) is 0 Å². The van der Waals surface area contributed by atoms with E-state index in [2.05, 4.69) is 5.32 Å². The van der Waals surface area contributed by atoms with Gasteiger partial charge in [0.25, 0.3) is 5.91 Å². The van der Waals surface area contributed by atoms with Gasteiger partial charge in [-0.15, -0.1) is 0 Å². The van der Waals surface area contributed by atoms with Crippen molar-refractivity contribution in [3.63, 3.8) is 0 Å². The van der Waals surface area contributed by atoms with Crippen molar-refractivity contribution in [2.24, 2.45) is 0 Å². The molecule has 2 N–H and O–H groups in total. The minimum absolute atomic E-state index is 0.0396. The molecular weight excluding hydrogens is 400 g/mol. The summed E-state index contributed by atoms with van der Waals surface area (Å²) in [4.78, 5) is 26.7. The third kappa shape index (κ3) is 4.03. The highest BCUT2D eigenvalue weighted by Gasteiger charge is 2.49. The smallest absolute Gasteiger partial charge is 0.325 e. The number of urea groups is 1. The van der Waals surface area contributed by atoms with Crippen LogP contribution in [-0.2, 0) is 10.3 Å². The number of carbonyl (C=O) groups is 2. The summed E-state index contributed by atoms with van der Waals surface area (Å²) in [7, 11) is 0. The number of amides is 3. The van der Waals surface area contributed by atoms with E-state index in [0.717, 1.165) is 16.0 Å². The summed E-state index contributed by atoms with van der Waals surface area (Å²) in [5, 5.41) is 13.2. The molecule has 31 heavy (non-hydrogen) atoms. The Bertz CT molecular complexity index is 1020. The van der Waals surface area contributed by atoms with Crippen LogP contribution in [0.3, 0.4) is 0 Å². The lowest BCUT2D eigenvalue weighted by atomic mass is 9.91. The zero-order valence-corrected chi connectivity index (χ0v) is 17.8. The zero-order valence-electron chi connectivity index (χ0n) is 17.8. The van der Waals surface area contributed by atoms with Crippen molar-refractivity contribution in [1.29, 1.82) is 0 Å². The number of aliphatic hydroxyl groups excluding tert-OH is 1. The summed E-state index contributed by atoms with van der Waals surface area (Å²) in [5.74, 6) is 1.36. The molecule has 0 saturated carbocycles. The number of nitrogens with zero attached hydrogens (tertiary/aromatic N) is 1. The first-order chi connectivity index (χ1) is 14.8. The Hall–Kier alpha value is -3.26. The molecule has 2 aromatic carbocycles. The van der Waals surface area contributed by atoms with Gasteiger partial charge in [-0.05, 0) is 55.7 Å². The van der Waals surface area contributed by atoms with Crippen LogP contribution in [0.25, 0.3) is 0 Å². The largest absolute Gasteiger partial charge is 0.491 e. The van der Waals surface area contributed by atoms with Gasteiger partial charge in [0, 0.05) is 0 Å². The standard InChI is InChI=1S/C23H26N2O6/c1-14-4-5-15(2)19(10-14)31-13-17(26)12-25-21(27)23(3,24-22(25)28)16-6-7-18-20(11-16)30-9-8-29-18/h4-7,10-11,17,26H,8-9,12-13H2,1-3H3,(H,24,28)/t17-,23-/m1/s1. The second kappa shape index (κ2) is 8.11. The van der Waals surface area contributed by atoms with Crippen LogP contribution in [0.2, 0.25) is 0 Å². The van der Waals surface area contributed by atoms with E-state index in [9.17, 15) is 14.7 Å². The molecule has 1 fully saturated rings. The van der Waals surface area contributed by atoms with Gasteiger partial charge < -0.3 is 24.6 Å². The van der Waals surface area contributed by atoms with E-state index in [0.29, 0.717) is 36.0 Å². The molecule has 2 atom stereocenters. The molecule has 2 aliphatic rings. The van der Waals surface area contributed by atoms with Gasteiger partial charge in [0.05, 0.1) is 6.54 Å². The average Bonchev–Trinajstić information content (AvgIpc) is 2.98. The molecule has 4 rings (SSSR count). The highest BCUT2D eigenvalue weighted by atomic mass is 16.6. The van der Waals surface area contributed by atoms with Crippen molar-refractivity contribution < 1.29 is 28.9 Å². The molecule has 8 nitrogen and oxygen atoms in total. The summed E-state index contributed by atoms with van der Waals surface area (Å²) in [6, 6.07) is 10.4. The fourth-order valence-electron chi connectivity index (χ4n) is 3.73. The van der Waals surface area contributed by atoms with Crippen LogP contribution >= 0.6 is 0 Å². The van der Waals surface area contributed by atoms with Crippen LogP contribution in [0.1, 0.15) is 23.6 Å². The fourth-order valence-corrected chi connectivity index (χ4v) is 3.73. The van der Waals surface area contributed by atoms with Crippen LogP contribution in [0.4, 0.5) is 4.79 Å². The second-order valence-corrected chi connectivity index (χ2v) is 8.06. The maximum atomic E-state index is 13.1. The van der Waals surface area contributed by atoms with Crippen LogP contribution in [-0.4, -0.2) is 54.4 Å². The number of rotatable bonds is 6. The minimum atomic E-state index is -1.26. The summed E-state index contributed by atoms with van der Waals surface area (Å²) >= 11 is 0. The molecule has 8 heteroatoms. The van der Waals surface area contributed by atoms with Crippen molar-refractivity contribution in [2.75, 3.05) is 26.4 Å².